The van der Waals surface area contributed by atoms with Gasteiger partial charge in [0.15, 0.2) is 0 Å². The summed E-state index contributed by atoms with van der Waals surface area (Å²) in [7, 11) is 0. The Morgan fingerprint density at radius 3 is 2.50 bits per heavy atom. The summed E-state index contributed by atoms with van der Waals surface area (Å²) in [5, 5.41) is 12.9. The molecule has 96 valence electrons. The zero-order chi connectivity index (χ0) is 12.2. The van der Waals surface area contributed by atoms with Crippen molar-refractivity contribution >= 4 is 0 Å². The Bertz CT molecular complexity index is 207. The van der Waals surface area contributed by atoms with Crippen LogP contribution < -0.4 is 5.32 Å². The first-order valence-electron chi connectivity index (χ1n) is 6.89. The van der Waals surface area contributed by atoms with E-state index >= 15 is 0 Å². The lowest BCUT2D eigenvalue weighted by molar-refractivity contribution is 0.151. The third-order valence-corrected chi connectivity index (χ3v) is 4.41. The van der Waals surface area contributed by atoms with Crippen LogP contribution in [0.3, 0.4) is 0 Å². The second kappa shape index (κ2) is 6.02. The van der Waals surface area contributed by atoms with Crippen molar-refractivity contribution in [2.24, 2.45) is 11.8 Å². The molecule has 0 heterocycles. The second-order valence-electron chi connectivity index (χ2n) is 6.03. The lowest BCUT2D eigenvalue weighted by Crippen LogP contribution is -2.52. The van der Waals surface area contributed by atoms with E-state index in [9.17, 15) is 0 Å². The molecule has 0 radical (unpaired) electrons. The van der Waals surface area contributed by atoms with E-state index in [0.29, 0.717) is 6.04 Å². The van der Waals surface area contributed by atoms with Crippen LogP contribution in [0.1, 0.15) is 59.8 Å². The molecule has 0 saturated heterocycles. The predicted octanol–water partition coefficient (Wildman–Crippen LogP) is 2.95. The van der Waals surface area contributed by atoms with Gasteiger partial charge in [0, 0.05) is 18.2 Å². The molecule has 0 spiro atoms. The highest BCUT2D eigenvalue weighted by Gasteiger charge is 2.31. The van der Waals surface area contributed by atoms with Gasteiger partial charge in [0.25, 0.3) is 0 Å². The third kappa shape index (κ3) is 3.74. The van der Waals surface area contributed by atoms with E-state index in [1.165, 1.54) is 19.3 Å². The van der Waals surface area contributed by atoms with Crippen molar-refractivity contribution in [3.8, 4) is 0 Å². The maximum atomic E-state index is 9.13. The summed E-state index contributed by atoms with van der Waals surface area (Å²) < 4.78 is 0. The van der Waals surface area contributed by atoms with Crippen molar-refractivity contribution in [2.45, 2.75) is 71.4 Å². The molecular formula is C14H29NO. The molecule has 4 atom stereocenters. The van der Waals surface area contributed by atoms with Gasteiger partial charge in [0.1, 0.15) is 0 Å². The molecule has 1 aliphatic carbocycles. The Balaban J connectivity index is 2.51. The smallest absolute Gasteiger partial charge is 0.0448 e. The minimum Gasteiger partial charge on any atom is -0.396 e. The molecule has 1 rings (SSSR count). The first-order chi connectivity index (χ1) is 7.50. The summed E-state index contributed by atoms with van der Waals surface area (Å²) in [4.78, 5) is 0. The molecule has 1 fully saturated rings. The van der Waals surface area contributed by atoms with Gasteiger partial charge in [0.2, 0.25) is 0 Å². The first kappa shape index (κ1) is 14.0. The average molecular weight is 227 g/mol. The van der Waals surface area contributed by atoms with Crippen molar-refractivity contribution in [2.75, 3.05) is 6.61 Å². The van der Waals surface area contributed by atoms with Crippen LogP contribution in [0.15, 0.2) is 0 Å². The fourth-order valence-corrected chi connectivity index (χ4v) is 2.93. The van der Waals surface area contributed by atoms with E-state index in [4.69, 9.17) is 5.11 Å². The maximum absolute atomic E-state index is 9.13. The number of hydrogen-bond donors (Lipinski definition) is 2. The van der Waals surface area contributed by atoms with E-state index < -0.39 is 0 Å². The van der Waals surface area contributed by atoms with E-state index in [2.05, 4.69) is 33.0 Å². The van der Waals surface area contributed by atoms with Gasteiger partial charge >= 0.3 is 0 Å². The predicted molar refractivity (Wildman–Crippen MR) is 69.5 cm³/mol. The Morgan fingerprint density at radius 2 is 2.00 bits per heavy atom. The van der Waals surface area contributed by atoms with E-state index in [-0.39, 0.29) is 12.1 Å². The van der Waals surface area contributed by atoms with Gasteiger partial charge in [-0.3, -0.25) is 0 Å². The van der Waals surface area contributed by atoms with Crippen LogP contribution in [0.25, 0.3) is 0 Å². The van der Waals surface area contributed by atoms with Crippen LogP contribution in [0.2, 0.25) is 0 Å². The molecule has 2 nitrogen and oxygen atoms in total. The van der Waals surface area contributed by atoms with Gasteiger partial charge in [-0.25, -0.2) is 0 Å². The molecule has 2 N–H and O–H groups in total. The molecule has 1 saturated carbocycles. The number of nitrogens with one attached hydrogen (secondary N) is 1. The summed E-state index contributed by atoms with van der Waals surface area (Å²) in [5.74, 6) is 1.66. The lowest BCUT2D eigenvalue weighted by atomic mass is 9.78. The maximum Gasteiger partial charge on any atom is 0.0448 e. The van der Waals surface area contributed by atoms with Crippen molar-refractivity contribution in [1.82, 2.24) is 5.32 Å². The number of aliphatic hydroxyl groups excluding tert-OH is 1. The minimum atomic E-state index is 0.119. The van der Waals surface area contributed by atoms with Crippen LogP contribution in [-0.2, 0) is 0 Å². The Morgan fingerprint density at radius 1 is 1.31 bits per heavy atom. The quantitative estimate of drug-likeness (QED) is 0.757. The molecule has 0 aromatic heterocycles. The molecule has 0 aromatic rings. The Labute approximate surface area is 101 Å². The summed E-state index contributed by atoms with van der Waals surface area (Å²) >= 11 is 0. The van der Waals surface area contributed by atoms with Crippen molar-refractivity contribution in [3.05, 3.63) is 0 Å². The van der Waals surface area contributed by atoms with Crippen LogP contribution in [0.4, 0.5) is 0 Å². The molecular weight excluding hydrogens is 198 g/mol. The van der Waals surface area contributed by atoms with Gasteiger partial charge in [-0.05, 0) is 50.9 Å². The summed E-state index contributed by atoms with van der Waals surface area (Å²) in [6, 6.07) is 0.646. The number of aliphatic hydroxyl groups is 1. The van der Waals surface area contributed by atoms with Crippen molar-refractivity contribution in [1.29, 1.82) is 0 Å². The molecule has 0 aromatic carbocycles. The molecule has 4 unspecified atom stereocenters. The zero-order valence-electron chi connectivity index (χ0n) is 11.4. The van der Waals surface area contributed by atoms with Crippen LogP contribution in [-0.4, -0.2) is 23.3 Å². The normalized spacial score (nSPS) is 34.7. The van der Waals surface area contributed by atoms with Crippen LogP contribution in [0, 0.1) is 11.8 Å². The monoisotopic (exact) mass is 227 g/mol. The van der Waals surface area contributed by atoms with Crippen LogP contribution in [0.5, 0.6) is 0 Å². The highest BCUT2D eigenvalue weighted by Crippen LogP contribution is 2.30. The van der Waals surface area contributed by atoms with E-state index in [1.807, 2.05) is 0 Å². The fourth-order valence-electron chi connectivity index (χ4n) is 2.93. The van der Waals surface area contributed by atoms with Gasteiger partial charge in [-0.15, -0.1) is 0 Å². The number of hydrogen-bond acceptors (Lipinski definition) is 2. The Kier molecular flexibility index (Phi) is 5.26. The van der Waals surface area contributed by atoms with Crippen LogP contribution >= 0.6 is 0 Å². The lowest BCUT2D eigenvalue weighted by Gasteiger charge is -2.40. The second-order valence-corrected chi connectivity index (χ2v) is 6.03. The third-order valence-electron chi connectivity index (χ3n) is 4.41. The van der Waals surface area contributed by atoms with Gasteiger partial charge < -0.3 is 10.4 Å². The molecule has 2 heteroatoms. The summed E-state index contributed by atoms with van der Waals surface area (Å²) in [6.45, 7) is 9.46. The molecule has 0 aliphatic heterocycles. The first-order valence-corrected chi connectivity index (χ1v) is 6.89. The highest BCUT2D eigenvalue weighted by molar-refractivity contribution is 4.89. The molecule has 1 aliphatic rings. The van der Waals surface area contributed by atoms with E-state index in [1.54, 1.807) is 0 Å². The van der Waals surface area contributed by atoms with Crippen molar-refractivity contribution in [3.63, 3.8) is 0 Å². The van der Waals surface area contributed by atoms with Crippen molar-refractivity contribution < 1.29 is 5.11 Å². The largest absolute Gasteiger partial charge is 0.396 e. The standard InChI is InChI=1S/C14H29NO/c1-5-14(4,8-9-16)15-13-7-6-11(2)10-12(13)3/h11-13,15-16H,5-10H2,1-4H3. The highest BCUT2D eigenvalue weighted by atomic mass is 16.3. The molecule has 0 bridgehead atoms. The van der Waals surface area contributed by atoms with Gasteiger partial charge in [-0.2, -0.15) is 0 Å². The van der Waals surface area contributed by atoms with E-state index in [0.717, 1.165) is 24.7 Å². The topological polar surface area (TPSA) is 32.3 Å². The average Bonchev–Trinajstić information content (AvgIpc) is 2.23. The number of rotatable bonds is 5. The summed E-state index contributed by atoms with van der Waals surface area (Å²) in [6.07, 6.45) is 5.94. The Hall–Kier alpha value is -0.0800. The fraction of sp³-hybridized carbons (Fsp3) is 1.00. The molecule has 0 amide bonds. The minimum absolute atomic E-state index is 0.119. The zero-order valence-corrected chi connectivity index (χ0v) is 11.4. The van der Waals surface area contributed by atoms with Gasteiger partial charge in [-0.1, -0.05) is 20.8 Å². The molecule has 16 heavy (non-hydrogen) atoms. The summed E-state index contributed by atoms with van der Waals surface area (Å²) in [5.41, 5.74) is 0.119. The SMILES string of the molecule is CCC(C)(CCO)NC1CCC(C)CC1C. The van der Waals surface area contributed by atoms with Gasteiger partial charge in [0.05, 0.1) is 0 Å².